The Morgan fingerprint density at radius 2 is 1.61 bits per heavy atom. The molecule has 0 aromatic heterocycles. The van der Waals surface area contributed by atoms with Crippen molar-refractivity contribution in [2.45, 2.75) is 18.4 Å². The summed E-state index contributed by atoms with van der Waals surface area (Å²) in [4.78, 5) is 19.0. The van der Waals surface area contributed by atoms with E-state index >= 15 is 0 Å². The number of piperazine rings is 1. The van der Waals surface area contributed by atoms with E-state index in [2.05, 4.69) is 0 Å². The number of carbonyl (C=O) groups excluding carboxylic acids is 1. The number of hydrogen-bond donors (Lipinski definition) is 0. The second-order valence-electron chi connectivity index (χ2n) is 8.70. The standard InChI is InChI=1S/C24H33FN4O3S/c1-20-8-10-22(11-9-20)33(31,32)29-16-13-27(14-17-29)19-24(30)28(15-12-26(2)3)18-21-6-4-5-7-23(21)25/h4-11H,12-19H2,1-3H3. The van der Waals surface area contributed by atoms with Gasteiger partial charge in [0.1, 0.15) is 5.82 Å². The Morgan fingerprint density at radius 3 is 2.21 bits per heavy atom. The zero-order valence-electron chi connectivity index (χ0n) is 19.6. The normalized spacial score (nSPS) is 15.7. The number of carbonyl (C=O) groups is 1. The van der Waals surface area contributed by atoms with Crippen molar-refractivity contribution in [2.75, 3.05) is 59.9 Å². The van der Waals surface area contributed by atoms with Crippen LogP contribution in [0.2, 0.25) is 0 Å². The van der Waals surface area contributed by atoms with E-state index < -0.39 is 10.0 Å². The highest BCUT2D eigenvalue weighted by Crippen LogP contribution is 2.18. The van der Waals surface area contributed by atoms with Crippen LogP contribution in [-0.2, 0) is 21.4 Å². The molecule has 1 heterocycles. The van der Waals surface area contributed by atoms with Gasteiger partial charge in [0.05, 0.1) is 11.4 Å². The van der Waals surface area contributed by atoms with Crippen molar-refractivity contribution < 1.29 is 17.6 Å². The van der Waals surface area contributed by atoms with Crippen LogP contribution in [0.3, 0.4) is 0 Å². The van der Waals surface area contributed by atoms with Gasteiger partial charge < -0.3 is 9.80 Å². The van der Waals surface area contributed by atoms with Crippen LogP contribution in [0.4, 0.5) is 4.39 Å². The van der Waals surface area contributed by atoms with Crippen molar-refractivity contribution in [3.8, 4) is 0 Å². The monoisotopic (exact) mass is 476 g/mol. The molecule has 1 aliphatic heterocycles. The highest BCUT2D eigenvalue weighted by Gasteiger charge is 2.29. The molecule has 0 aliphatic carbocycles. The van der Waals surface area contributed by atoms with E-state index in [1.54, 1.807) is 47.4 Å². The summed E-state index contributed by atoms with van der Waals surface area (Å²) >= 11 is 0. The van der Waals surface area contributed by atoms with Crippen molar-refractivity contribution in [1.29, 1.82) is 0 Å². The number of amides is 1. The SMILES string of the molecule is Cc1ccc(S(=O)(=O)N2CCN(CC(=O)N(CCN(C)C)Cc3ccccc3F)CC2)cc1. The van der Waals surface area contributed by atoms with Gasteiger partial charge >= 0.3 is 0 Å². The fourth-order valence-corrected chi connectivity index (χ4v) is 5.15. The molecule has 0 N–H and O–H groups in total. The molecular formula is C24H33FN4O3S. The van der Waals surface area contributed by atoms with E-state index in [1.165, 1.54) is 10.4 Å². The average molecular weight is 477 g/mol. The van der Waals surface area contributed by atoms with Gasteiger partial charge in [0.25, 0.3) is 0 Å². The largest absolute Gasteiger partial charge is 0.336 e. The number of sulfonamides is 1. The lowest BCUT2D eigenvalue weighted by Crippen LogP contribution is -2.51. The molecule has 1 aliphatic rings. The lowest BCUT2D eigenvalue weighted by atomic mass is 10.2. The van der Waals surface area contributed by atoms with Crippen LogP contribution in [0.15, 0.2) is 53.4 Å². The zero-order valence-corrected chi connectivity index (χ0v) is 20.4. The van der Waals surface area contributed by atoms with Gasteiger partial charge in [0, 0.05) is 51.4 Å². The van der Waals surface area contributed by atoms with Crippen LogP contribution in [0.25, 0.3) is 0 Å². The summed E-state index contributed by atoms with van der Waals surface area (Å²) in [6.07, 6.45) is 0. The minimum atomic E-state index is -3.55. The highest BCUT2D eigenvalue weighted by atomic mass is 32.2. The van der Waals surface area contributed by atoms with Crippen LogP contribution in [0.5, 0.6) is 0 Å². The molecule has 1 saturated heterocycles. The maximum Gasteiger partial charge on any atom is 0.243 e. The van der Waals surface area contributed by atoms with E-state index in [0.29, 0.717) is 44.8 Å². The number of rotatable bonds is 9. The molecule has 0 radical (unpaired) electrons. The summed E-state index contributed by atoms with van der Waals surface area (Å²) in [7, 11) is 0.314. The first-order chi connectivity index (χ1) is 15.7. The number of benzene rings is 2. The van der Waals surface area contributed by atoms with Gasteiger partial charge in [0.15, 0.2) is 0 Å². The molecule has 33 heavy (non-hydrogen) atoms. The minimum Gasteiger partial charge on any atom is -0.336 e. The first-order valence-corrected chi connectivity index (χ1v) is 12.6. The number of hydrogen-bond acceptors (Lipinski definition) is 5. The van der Waals surface area contributed by atoms with Crippen LogP contribution in [-0.4, -0.2) is 93.2 Å². The third kappa shape index (κ3) is 6.83. The Balaban J connectivity index is 1.60. The van der Waals surface area contributed by atoms with Gasteiger partial charge in [-0.3, -0.25) is 9.69 Å². The van der Waals surface area contributed by atoms with Crippen LogP contribution in [0.1, 0.15) is 11.1 Å². The average Bonchev–Trinajstić information content (AvgIpc) is 2.78. The predicted molar refractivity (Wildman–Crippen MR) is 127 cm³/mol. The Kier molecular flexibility index (Phi) is 8.58. The van der Waals surface area contributed by atoms with Gasteiger partial charge in [-0.25, -0.2) is 12.8 Å². The summed E-state index contributed by atoms with van der Waals surface area (Å²) in [6.45, 7) is 5.06. The van der Waals surface area contributed by atoms with Crippen molar-refractivity contribution in [1.82, 2.24) is 19.0 Å². The van der Waals surface area contributed by atoms with Crippen molar-refractivity contribution >= 4 is 15.9 Å². The molecule has 0 unspecified atom stereocenters. The van der Waals surface area contributed by atoms with E-state index in [0.717, 1.165) is 5.56 Å². The summed E-state index contributed by atoms with van der Waals surface area (Å²) in [5.74, 6) is -0.412. The molecule has 180 valence electrons. The van der Waals surface area contributed by atoms with E-state index in [4.69, 9.17) is 0 Å². The Labute approximate surface area is 196 Å². The first-order valence-electron chi connectivity index (χ1n) is 11.1. The number of nitrogens with zero attached hydrogens (tertiary/aromatic N) is 4. The third-order valence-electron chi connectivity index (χ3n) is 5.84. The molecular weight excluding hydrogens is 443 g/mol. The lowest BCUT2D eigenvalue weighted by Gasteiger charge is -2.35. The molecule has 0 saturated carbocycles. The highest BCUT2D eigenvalue weighted by molar-refractivity contribution is 7.89. The number of halogens is 1. The van der Waals surface area contributed by atoms with Crippen molar-refractivity contribution in [3.63, 3.8) is 0 Å². The van der Waals surface area contributed by atoms with E-state index in [1.807, 2.05) is 30.8 Å². The zero-order chi connectivity index (χ0) is 24.0. The van der Waals surface area contributed by atoms with Crippen LogP contribution in [0, 0.1) is 12.7 Å². The number of likely N-dealkylation sites (N-methyl/N-ethyl adjacent to an activating group) is 1. The molecule has 9 heteroatoms. The van der Waals surface area contributed by atoms with Crippen LogP contribution < -0.4 is 0 Å². The smallest absolute Gasteiger partial charge is 0.243 e. The molecule has 7 nitrogen and oxygen atoms in total. The molecule has 2 aromatic rings. The van der Waals surface area contributed by atoms with Crippen LogP contribution >= 0.6 is 0 Å². The predicted octanol–water partition coefficient (Wildman–Crippen LogP) is 2.03. The maximum atomic E-state index is 14.2. The Hall–Kier alpha value is -2.33. The summed E-state index contributed by atoms with van der Waals surface area (Å²) in [6, 6.07) is 13.3. The molecule has 2 aromatic carbocycles. The molecule has 3 rings (SSSR count). The molecule has 1 fully saturated rings. The summed E-state index contributed by atoms with van der Waals surface area (Å²) < 4.78 is 41.5. The van der Waals surface area contributed by atoms with Crippen molar-refractivity contribution in [3.05, 3.63) is 65.5 Å². The third-order valence-corrected chi connectivity index (χ3v) is 7.75. The molecule has 1 amide bonds. The van der Waals surface area contributed by atoms with Gasteiger partial charge in [-0.2, -0.15) is 4.31 Å². The van der Waals surface area contributed by atoms with E-state index in [9.17, 15) is 17.6 Å². The molecule has 0 spiro atoms. The van der Waals surface area contributed by atoms with Crippen molar-refractivity contribution in [2.24, 2.45) is 0 Å². The van der Waals surface area contributed by atoms with Gasteiger partial charge in [-0.1, -0.05) is 35.9 Å². The summed E-state index contributed by atoms with van der Waals surface area (Å²) in [5.41, 5.74) is 1.49. The minimum absolute atomic E-state index is 0.0880. The quantitative estimate of drug-likeness (QED) is 0.554. The number of aryl methyl sites for hydroxylation is 1. The maximum absolute atomic E-state index is 14.2. The molecule has 0 atom stereocenters. The van der Waals surface area contributed by atoms with Gasteiger partial charge in [-0.15, -0.1) is 0 Å². The molecule has 0 bridgehead atoms. The second kappa shape index (κ2) is 11.2. The Bertz CT molecular complexity index is 1040. The second-order valence-corrected chi connectivity index (χ2v) is 10.6. The summed E-state index contributed by atoms with van der Waals surface area (Å²) in [5, 5.41) is 0. The van der Waals surface area contributed by atoms with Gasteiger partial charge in [0.2, 0.25) is 15.9 Å². The lowest BCUT2D eigenvalue weighted by molar-refractivity contribution is -0.133. The first kappa shape index (κ1) is 25.3. The fourth-order valence-electron chi connectivity index (χ4n) is 3.72. The van der Waals surface area contributed by atoms with Gasteiger partial charge in [-0.05, 0) is 39.2 Å². The van der Waals surface area contributed by atoms with E-state index in [-0.39, 0.29) is 29.7 Å². The Morgan fingerprint density at radius 1 is 0.970 bits per heavy atom. The topological polar surface area (TPSA) is 64.2 Å². The fraction of sp³-hybridized carbons (Fsp3) is 0.458.